The van der Waals surface area contributed by atoms with Gasteiger partial charge in [0.25, 0.3) is 5.91 Å². The molecule has 0 bridgehead atoms. The molecule has 2 rings (SSSR count). The number of amides is 1. The normalized spacial score (nSPS) is 12.2. The second kappa shape index (κ2) is 8.52. The monoisotopic (exact) mass is 385 g/mol. The van der Waals surface area contributed by atoms with E-state index >= 15 is 0 Å². The Kier molecular flexibility index (Phi) is 6.38. The van der Waals surface area contributed by atoms with Crippen LogP contribution in [0.1, 0.15) is 12.5 Å². The number of hydrogen-bond acceptors (Lipinski definition) is 4. The molecule has 1 atom stereocenters. The van der Waals surface area contributed by atoms with Gasteiger partial charge in [-0.15, -0.1) is 0 Å². The molecule has 0 aliphatic heterocycles. The summed E-state index contributed by atoms with van der Waals surface area (Å²) in [5.41, 5.74) is -0.724. The zero-order valence-corrected chi connectivity index (χ0v) is 14.0. The average molecular weight is 385 g/mol. The maximum Gasteiger partial charge on any atom is 0.416 e. The number of esters is 1. The molecule has 0 radical (unpaired) electrons. The third kappa shape index (κ3) is 6.28. The van der Waals surface area contributed by atoms with Crippen LogP contribution in [-0.4, -0.2) is 24.6 Å². The molecule has 2 aromatic rings. The molecule has 0 aliphatic carbocycles. The first-order chi connectivity index (χ1) is 12.6. The molecule has 0 heterocycles. The molecule has 5 nitrogen and oxygen atoms in total. The Balaban J connectivity index is 1.80. The molecule has 0 fully saturated rings. The van der Waals surface area contributed by atoms with Gasteiger partial charge in [0.2, 0.25) is 0 Å². The summed E-state index contributed by atoms with van der Waals surface area (Å²) in [5.74, 6) is -1.77. The number of hydrogen-bond donors (Lipinski definition) is 1. The molecule has 0 saturated carbocycles. The van der Waals surface area contributed by atoms with Gasteiger partial charge in [0.15, 0.2) is 12.7 Å². The van der Waals surface area contributed by atoms with E-state index in [2.05, 4.69) is 5.32 Å². The van der Waals surface area contributed by atoms with E-state index in [4.69, 9.17) is 9.47 Å². The highest BCUT2D eigenvalue weighted by atomic mass is 19.4. The summed E-state index contributed by atoms with van der Waals surface area (Å²) < 4.78 is 60.2. The third-order valence-electron chi connectivity index (χ3n) is 3.30. The number of nitrogens with one attached hydrogen (secondary N) is 1. The Morgan fingerprint density at radius 3 is 2.19 bits per heavy atom. The molecule has 9 heteroatoms. The number of halogens is 4. The van der Waals surface area contributed by atoms with Crippen molar-refractivity contribution < 1.29 is 36.6 Å². The predicted molar refractivity (Wildman–Crippen MR) is 87.5 cm³/mol. The van der Waals surface area contributed by atoms with Gasteiger partial charge in [-0.1, -0.05) is 0 Å². The highest BCUT2D eigenvalue weighted by Crippen LogP contribution is 2.29. The van der Waals surface area contributed by atoms with Gasteiger partial charge in [0.05, 0.1) is 5.56 Å². The molecule has 0 unspecified atom stereocenters. The van der Waals surface area contributed by atoms with Gasteiger partial charge in [-0.25, -0.2) is 9.18 Å². The van der Waals surface area contributed by atoms with Crippen LogP contribution in [0.25, 0.3) is 0 Å². The maximum absolute atomic E-state index is 12.8. The van der Waals surface area contributed by atoms with Crippen molar-refractivity contribution >= 4 is 17.6 Å². The molecule has 0 spiro atoms. The van der Waals surface area contributed by atoms with E-state index < -0.39 is 42.1 Å². The molecule has 1 N–H and O–H groups in total. The van der Waals surface area contributed by atoms with E-state index in [-0.39, 0.29) is 11.4 Å². The minimum atomic E-state index is -4.47. The van der Waals surface area contributed by atoms with Crippen LogP contribution in [0.5, 0.6) is 5.75 Å². The molecule has 144 valence electrons. The van der Waals surface area contributed by atoms with E-state index in [1.54, 1.807) is 0 Å². The summed E-state index contributed by atoms with van der Waals surface area (Å²) in [6, 6.07) is 8.79. The van der Waals surface area contributed by atoms with E-state index in [9.17, 15) is 27.2 Å². The minimum Gasteiger partial charge on any atom is -0.479 e. The molecular weight excluding hydrogens is 370 g/mol. The van der Waals surface area contributed by atoms with Crippen LogP contribution in [0.15, 0.2) is 48.5 Å². The van der Waals surface area contributed by atoms with Crippen molar-refractivity contribution in [2.75, 3.05) is 11.9 Å². The SMILES string of the molecule is C[C@H](Oc1ccc(F)cc1)C(=O)OCC(=O)Nc1ccc(C(F)(F)F)cc1. The highest BCUT2D eigenvalue weighted by Gasteiger charge is 2.30. The Bertz CT molecular complexity index is 789. The van der Waals surface area contributed by atoms with Crippen LogP contribution >= 0.6 is 0 Å². The Hall–Kier alpha value is -3.10. The van der Waals surface area contributed by atoms with Gasteiger partial charge in [-0.2, -0.15) is 13.2 Å². The van der Waals surface area contributed by atoms with Gasteiger partial charge in [-0.05, 0) is 55.5 Å². The lowest BCUT2D eigenvalue weighted by Crippen LogP contribution is -2.29. The standard InChI is InChI=1S/C18H15F4NO4/c1-11(27-15-8-4-13(19)5-9-15)17(25)26-10-16(24)23-14-6-2-12(3-7-14)18(20,21)22/h2-9,11H,10H2,1H3,(H,23,24)/t11-/m0/s1. The smallest absolute Gasteiger partial charge is 0.416 e. The van der Waals surface area contributed by atoms with Gasteiger partial charge in [0, 0.05) is 5.69 Å². The van der Waals surface area contributed by atoms with E-state index in [0.29, 0.717) is 0 Å². The second-order valence-electron chi connectivity index (χ2n) is 5.44. The lowest BCUT2D eigenvalue weighted by atomic mass is 10.2. The van der Waals surface area contributed by atoms with Crippen LogP contribution in [0.4, 0.5) is 23.2 Å². The van der Waals surface area contributed by atoms with Gasteiger partial charge >= 0.3 is 12.1 Å². The fourth-order valence-electron chi connectivity index (χ4n) is 1.96. The van der Waals surface area contributed by atoms with Crippen molar-refractivity contribution in [3.63, 3.8) is 0 Å². The van der Waals surface area contributed by atoms with Crippen LogP contribution in [0, 0.1) is 5.82 Å². The number of rotatable bonds is 6. The quantitative estimate of drug-likeness (QED) is 0.607. The number of anilines is 1. The van der Waals surface area contributed by atoms with Gasteiger partial charge in [-0.3, -0.25) is 4.79 Å². The highest BCUT2D eigenvalue weighted by molar-refractivity contribution is 5.93. The zero-order chi connectivity index (χ0) is 20.0. The number of carbonyl (C=O) groups excluding carboxylic acids is 2. The van der Waals surface area contributed by atoms with E-state index in [0.717, 1.165) is 36.4 Å². The number of carbonyl (C=O) groups is 2. The van der Waals surface area contributed by atoms with Crippen LogP contribution in [0.2, 0.25) is 0 Å². The predicted octanol–water partition coefficient (Wildman–Crippen LogP) is 3.79. The molecule has 0 saturated heterocycles. The van der Waals surface area contributed by atoms with Gasteiger partial charge in [0.1, 0.15) is 11.6 Å². The van der Waals surface area contributed by atoms with Crippen LogP contribution < -0.4 is 10.1 Å². The van der Waals surface area contributed by atoms with Crippen molar-refractivity contribution in [3.8, 4) is 5.75 Å². The minimum absolute atomic E-state index is 0.125. The van der Waals surface area contributed by atoms with Crippen LogP contribution in [-0.2, 0) is 20.5 Å². The van der Waals surface area contributed by atoms with Crippen LogP contribution in [0.3, 0.4) is 0 Å². The molecule has 0 aromatic heterocycles. The molecule has 27 heavy (non-hydrogen) atoms. The fourth-order valence-corrected chi connectivity index (χ4v) is 1.96. The summed E-state index contributed by atoms with van der Waals surface area (Å²) in [7, 11) is 0. The first-order valence-electron chi connectivity index (χ1n) is 7.71. The van der Waals surface area contributed by atoms with Crippen molar-refractivity contribution in [1.82, 2.24) is 0 Å². The molecule has 0 aliphatic rings. The largest absolute Gasteiger partial charge is 0.479 e. The summed E-state index contributed by atoms with van der Waals surface area (Å²) in [6.45, 7) is 0.746. The first-order valence-corrected chi connectivity index (χ1v) is 7.71. The summed E-state index contributed by atoms with van der Waals surface area (Å²) in [6.07, 6.45) is -5.52. The topological polar surface area (TPSA) is 64.6 Å². The van der Waals surface area contributed by atoms with Crippen molar-refractivity contribution in [2.45, 2.75) is 19.2 Å². The Morgan fingerprint density at radius 1 is 1.04 bits per heavy atom. The number of alkyl halides is 3. The fraction of sp³-hybridized carbons (Fsp3) is 0.222. The summed E-state index contributed by atoms with van der Waals surface area (Å²) in [5, 5.41) is 2.30. The Labute approximate surface area is 151 Å². The Morgan fingerprint density at radius 2 is 1.63 bits per heavy atom. The maximum atomic E-state index is 12.8. The van der Waals surface area contributed by atoms with Crippen molar-refractivity contribution in [2.24, 2.45) is 0 Å². The zero-order valence-electron chi connectivity index (χ0n) is 14.0. The molecule has 2 aromatic carbocycles. The lowest BCUT2D eigenvalue weighted by molar-refractivity contribution is -0.153. The van der Waals surface area contributed by atoms with Gasteiger partial charge < -0.3 is 14.8 Å². The third-order valence-corrected chi connectivity index (χ3v) is 3.30. The van der Waals surface area contributed by atoms with Crippen molar-refractivity contribution in [3.05, 3.63) is 59.9 Å². The average Bonchev–Trinajstić information content (AvgIpc) is 2.61. The van der Waals surface area contributed by atoms with E-state index in [1.807, 2.05) is 0 Å². The number of ether oxygens (including phenoxy) is 2. The van der Waals surface area contributed by atoms with E-state index in [1.165, 1.54) is 19.1 Å². The molecule has 1 amide bonds. The first kappa shape index (κ1) is 20.2. The summed E-state index contributed by atoms with van der Waals surface area (Å²) >= 11 is 0. The number of benzene rings is 2. The summed E-state index contributed by atoms with van der Waals surface area (Å²) in [4.78, 5) is 23.5. The lowest BCUT2D eigenvalue weighted by Gasteiger charge is -2.14. The van der Waals surface area contributed by atoms with Crippen molar-refractivity contribution in [1.29, 1.82) is 0 Å². The second-order valence-corrected chi connectivity index (χ2v) is 5.44. The molecular formula is C18H15F4NO4.